The minimum atomic E-state index is -1.63. The molecule has 5 aliphatic carbocycles. The van der Waals surface area contributed by atoms with Crippen LogP contribution >= 0.6 is 0 Å². The third-order valence-electron chi connectivity index (χ3n) is 12.9. The second-order valence-electron chi connectivity index (χ2n) is 15.1. The molecule has 0 aromatic heterocycles. The maximum absolute atomic E-state index is 14.6. The quantitative estimate of drug-likeness (QED) is 0.286. The molecule has 2 saturated heterocycles. The van der Waals surface area contributed by atoms with E-state index in [0.717, 1.165) is 50.5 Å². The van der Waals surface area contributed by atoms with Crippen molar-refractivity contribution in [3.63, 3.8) is 0 Å². The van der Waals surface area contributed by atoms with Crippen LogP contribution < -0.4 is 0 Å². The Kier molecular flexibility index (Phi) is 8.23. The summed E-state index contributed by atoms with van der Waals surface area (Å²) in [5.74, 6) is -0.278. The highest BCUT2D eigenvalue weighted by Crippen LogP contribution is 2.70. The van der Waals surface area contributed by atoms with E-state index in [9.17, 15) is 35.1 Å². The maximum Gasteiger partial charge on any atom is 0.193 e. The van der Waals surface area contributed by atoms with Crippen molar-refractivity contribution in [3.8, 4) is 0 Å². The third kappa shape index (κ3) is 4.71. The second-order valence-corrected chi connectivity index (χ2v) is 15.1. The molecule has 7 aliphatic rings. The van der Waals surface area contributed by atoms with Crippen LogP contribution in [0.1, 0.15) is 71.6 Å². The lowest BCUT2D eigenvalue weighted by Crippen LogP contribution is -2.64. The standard InChI is InChI=1S/C34H48O11/c1-32-11-10-19(36)12-18(32)8-9-20-21-13-25-34(33(21,2)14-22(37)26(20)32,45-30(44-25)17-6-4-3-5-7-17)24(38)16-42-31-29(41)28(40)27(39)23(15-35)43-31/h10-12,17,20-23,25-31,35,37,39-41H,3-9,13-16H2,1-2H3/t20?,21?,22-,23+,25+,26?,27+,28-,29+,30+,31+,32-,33-,34+/m0/s1. The van der Waals surface area contributed by atoms with Gasteiger partial charge in [-0.1, -0.05) is 44.8 Å². The normalized spacial score (nSPS) is 51.2. The molecule has 0 radical (unpaired) electrons. The number of ether oxygens (including phenoxy) is 4. The molecule has 250 valence electrons. The van der Waals surface area contributed by atoms with Gasteiger partial charge in [-0.15, -0.1) is 0 Å². The van der Waals surface area contributed by atoms with Gasteiger partial charge in [-0.2, -0.15) is 0 Å². The van der Waals surface area contributed by atoms with Crippen molar-refractivity contribution in [3.05, 3.63) is 23.8 Å². The summed E-state index contributed by atoms with van der Waals surface area (Å²) in [5.41, 5.74) is -1.59. The summed E-state index contributed by atoms with van der Waals surface area (Å²) in [5, 5.41) is 52.6. The molecular weight excluding hydrogens is 584 g/mol. The molecule has 3 unspecified atom stereocenters. The van der Waals surface area contributed by atoms with Gasteiger partial charge in [-0.25, -0.2) is 0 Å². The molecule has 2 aliphatic heterocycles. The van der Waals surface area contributed by atoms with Crippen LogP contribution in [-0.2, 0) is 28.5 Å². The Bertz CT molecular complexity index is 1240. The Hall–Kier alpha value is -1.54. The Morgan fingerprint density at radius 1 is 1.02 bits per heavy atom. The Labute approximate surface area is 263 Å². The number of hydrogen-bond acceptors (Lipinski definition) is 11. The van der Waals surface area contributed by atoms with Crippen LogP contribution in [0.2, 0.25) is 0 Å². The minimum Gasteiger partial charge on any atom is -0.394 e. The van der Waals surface area contributed by atoms with E-state index in [1.54, 1.807) is 12.2 Å². The lowest BCUT2D eigenvalue weighted by atomic mass is 9.46. The van der Waals surface area contributed by atoms with E-state index in [4.69, 9.17) is 18.9 Å². The first-order chi connectivity index (χ1) is 21.4. The maximum atomic E-state index is 14.6. The molecule has 5 N–H and O–H groups in total. The van der Waals surface area contributed by atoms with Crippen molar-refractivity contribution in [2.45, 2.75) is 126 Å². The molecule has 0 spiro atoms. The molecule has 2 heterocycles. The van der Waals surface area contributed by atoms with Crippen molar-refractivity contribution in [1.29, 1.82) is 0 Å². The number of allylic oxidation sites excluding steroid dienone is 4. The van der Waals surface area contributed by atoms with Gasteiger partial charge in [0.1, 0.15) is 31.0 Å². The van der Waals surface area contributed by atoms with Gasteiger partial charge in [0.2, 0.25) is 0 Å². The third-order valence-corrected chi connectivity index (χ3v) is 12.9. The molecule has 7 rings (SSSR count). The monoisotopic (exact) mass is 632 g/mol. The molecule has 0 aromatic rings. The van der Waals surface area contributed by atoms with Gasteiger partial charge in [0.25, 0.3) is 0 Å². The van der Waals surface area contributed by atoms with E-state index in [1.807, 2.05) is 13.0 Å². The Morgan fingerprint density at radius 2 is 1.78 bits per heavy atom. The SMILES string of the molecule is C[C@]12C=CC(=O)C=C1CCC1C2[C@@H](O)C[C@@]2(C)C1C[C@H]1O[C@@H](C3CCCCC3)O[C@]12C(=O)CO[C@@H]1O[C@H](CO)[C@@H](O)[C@H](O)[C@H]1O. The van der Waals surface area contributed by atoms with E-state index in [-0.39, 0.29) is 35.2 Å². The van der Waals surface area contributed by atoms with Crippen LogP contribution in [0.4, 0.5) is 0 Å². The Morgan fingerprint density at radius 3 is 2.51 bits per heavy atom. The fourth-order valence-corrected chi connectivity index (χ4v) is 10.7. The minimum absolute atomic E-state index is 0.00354. The lowest BCUT2D eigenvalue weighted by Gasteiger charge is -2.59. The first-order valence-corrected chi connectivity index (χ1v) is 16.9. The molecule has 14 atom stereocenters. The number of carbonyl (C=O) groups excluding carboxylic acids is 2. The van der Waals surface area contributed by atoms with Crippen molar-refractivity contribution in [2.24, 2.45) is 34.5 Å². The highest BCUT2D eigenvalue weighted by atomic mass is 16.7. The predicted octanol–water partition coefficient (Wildman–Crippen LogP) is 1.32. The van der Waals surface area contributed by atoms with Crippen molar-refractivity contribution < 1.29 is 54.1 Å². The van der Waals surface area contributed by atoms with Crippen molar-refractivity contribution in [1.82, 2.24) is 0 Å². The Balaban J connectivity index is 1.19. The van der Waals surface area contributed by atoms with Crippen LogP contribution in [0, 0.1) is 34.5 Å². The number of rotatable bonds is 6. The summed E-state index contributed by atoms with van der Waals surface area (Å²) in [6.07, 6.45) is 3.68. The fourth-order valence-electron chi connectivity index (χ4n) is 10.7. The molecule has 11 heteroatoms. The molecule has 4 saturated carbocycles. The number of fused-ring (bicyclic) bond motifs is 7. The summed E-state index contributed by atoms with van der Waals surface area (Å²) in [6.45, 7) is 3.04. The molecule has 11 nitrogen and oxygen atoms in total. The number of aliphatic hydroxyl groups is 5. The highest BCUT2D eigenvalue weighted by molar-refractivity contribution is 6.01. The van der Waals surface area contributed by atoms with Gasteiger partial charge in [-0.3, -0.25) is 9.59 Å². The summed E-state index contributed by atoms with van der Waals surface area (Å²) in [4.78, 5) is 26.8. The fraction of sp³-hybridized carbons (Fsp3) is 0.824. The van der Waals surface area contributed by atoms with Gasteiger partial charge in [0.15, 0.2) is 29.7 Å². The number of hydrogen-bond donors (Lipinski definition) is 5. The largest absolute Gasteiger partial charge is 0.394 e. The zero-order valence-electron chi connectivity index (χ0n) is 26.1. The van der Waals surface area contributed by atoms with E-state index >= 15 is 0 Å². The predicted molar refractivity (Wildman–Crippen MR) is 157 cm³/mol. The average Bonchev–Trinajstić information content (AvgIpc) is 3.53. The first kappa shape index (κ1) is 32.0. The van der Waals surface area contributed by atoms with E-state index in [1.165, 1.54) is 0 Å². The van der Waals surface area contributed by atoms with Gasteiger partial charge in [0, 0.05) is 22.7 Å². The zero-order chi connectivity index (χ0) is 31.9. The van der Waals surface area contributed by atoms with Gasteiger partial charge < -0.3 is 44.5 Å². The number of carbonyl (C=O) groups is 2. The molecule has 45 heavy (non-hydrogen) atoms. The zero-order valence-corrected chi connectivity index (χ0v) is 26.1. The second kappa shape index (κ2) is 11.6. The van der Waals surface area contributed by atoms with Crippen LogP contribution in [0.3, 0.4) is 0 Å². The first-order valence-electron chi connectivity index (χ1n) is 16.9. The van der Waals surface area contributed by atoms with Crippen LogP contribution in [0.25, 0.3) is 0 Å². The number of Topliss-reactive ketones (excluding diaryl/α,β-unsaturated/α-hetero) is 1. The summed E-state index contributed by atoms with van der Waals surface area (Å²) >= 11 is 0. The lowest BCUT2D eigenvalue weighted by molar-refractivity contribution is -0.300. The summed E-state index contributed by atoms with van der Waals surface area (Å²) < 4.78 is 24.9. The molecule has 0 bridgehead atoms. The topological polar surface area (TPSA) is 172 Å². The van der Waals surface area contributed by atoms with Crippen molar-refractivity contribution in [2.75, 3.05) is 13.2 Å². The smallest absolute Gasteiger partial charge is 0.193 e. The summed E-state index contributed by atoms with van der Waals surface area (Å²) in [7, 11) is 0. The average molecular weight is 633 g/mol. The molecule has 0 amide bonds. The highest BCUT2D eigenvalue weighted by Gasteiger charge is 2.76. The van der Waals surface area contributed by atoms with Crippen LogP contribution in [0.15, 0.2) is 23.8 Å². The van der Waals surface area contributed by atoms with Crippen LogP contribution in [0.5, 0.6) is 0 Å². The number of ketones is 2. The van der Waals surface area contributed by atoms with E-state index in [0.29, 0.717) is 12.8 Å². The van der Waals surface area contributed by atoms with Gasteiger partial charge >= 0.3 is 0 Å². The molecule has 0 aromatic carbocycles. The molecular formula is C34H48O11. The van der Waals surface area contributed by atoms with Crippen molar-refractivity contribution >= 4 is 11.6 Å². The summed E-state index contributed by atoms with van der Waals surface area (Å²) in [6, 6.07) is 0. The molecule has 6 fully saturated rings. The van der Waals surface area contributed by atoms with Gasteiger partial charge in [0.05, 0.1) is 18.8 Å². The van der Waals surface area contributed by atoms with Gasteiger partial charge in [-0.05, 0) is 62.5 Å². The van der Waals surface area contributed by atoms with E-state index in [2.05, 4.69) is 6.92 Å². The van der Waals surface area contributed by atoms with E-state index < -0.39 is 78.8 Å². The number of aliphatic hydroxyl groups excluding tert-OH is 5. The van der Waals surface area contributed by atoms with Crippen LogP contribution in [-0.4, -0.2) is 105 Å².